The Hall–Kier alpha value is -0.900. The second-order valence-electron chi connectivity index (χ2n) is 5.92. The van der Waals surface area contributed by atoms with Crippen molar-refractivity contribution in [1.29, 1.82) is 0 Å². The lowest BCUT2D eigenvalue weighted by Crippen LogP contribution is -2.49. The first-order valence-corrected chi connectivity index (χ1v) is 7.90. The van der Waals surface area contributed by atoms with Crippen LogP contribution in [0.15, 0.2) is 18.2 Å². The molecule has 2 N–H and O–H groups in total. The molecule has 1 heterocycles. The van der Waals surface area contributed by atoms with E-state index < -0.39 is 0 Å². The molecular formula is C17H29N3. The summed E-state index contributed by atoms with van der Waals surface area (Å²) in [5, 5.41) is 0. The highest BCUT2D eigenvalue weighted by Gasteiger charge is 2.24. The van der Waals surface area contributed by atoms with Gasteiger partial charge in [-0.25, -0.2) is 0 Å². The molecule has 112 valence electrons. The van der Waals surface area contributed by atoms with Gasteiger partial charge in [-0.3, -0.25) is 4.90 Å². The van der Waals surface area contributed by atoms with Crippen LogP contribution >= 0.6 is 0 Å². The summed E-state index contributed by atoms with van der Waals surface area (Å²) in [6.45, 7) is 13.2. The highest BCUT2D eigenvalue weighted by molar-refractivity contribution is 5.35. The van der Waals surface area contributed by atoms with Crippen LogP contribution in [-0.4, -0.2) is 49.1 Å². The Kier molecular flexibility index (Phi) is 5.58. The lowest BCUT2D eigenvalue weighted by Gasteiger charge is -2.39. The van der Waals surface area contributed by atoms with Crippen molar-refractivity contribution in [2.45, 2.75) is 33.2 Å². The average molecular weight is 275 g/mol. The molecule has 1 saturated heterocycles. The quantitative estimate of drug-likeness (QED) is 0.895. The third kappa shape index (κ3) is 3.40. The number of rotatable bonds is 5. The van der Waals surface area contributed by atoms with E-state index in [1.807, 2.05) is 0 Å². The SMILES string of the molecule is CCCN1CCN(C(CN)c2cccc(C)c2C)CC1. The molecule has 1 atom stereocenters. The van der Waals surface area contributed by atoms with Crippen LogP contribution in [0.25, 0.3) is 0 Å². The lowest BCUT2D eigenvalue weighted by molar-refractivity contribution is 0.0983. The Morgan fingerprint density at radius 1 is 1.15 bits per heavy atom. The van der Waals surface area contributed by atoms with Crippen LogP contribution in [0.5, 0.6) is 0 Å². The van der Waals surface area contributed by atoms with E-state index in [9.17, 15) is 0 Å². The summed E-state index contributed by atoms with van der Waals surface area (Å²) >= 11 is 0. The van der Waals surface area contributed by atoms with Crippen LogP contribution in [0.4, 0.5) is 0 Å². The second kappa shape index (κ2) is 7.21. The van der Waals surface area contributed by atoms with Crippen LogP contribution in [0.2, 0.25) is 0 Å². The number of aryl methyl sites for hydroxylation is 1. The molecule has 3 nitrogen and oxygen atoms in total. The summed E-state index contributed by atoms with van der Waals surface area (Å²) in [5.41, 5.74) is 10.3. The van der Waals surface area contributed by atoms with Gasteiger partial charge in [-0.15, -0.1) is 0 Å². The molecular weight excluding hydrogens is 246 g/mol. The zero-order valence-electron chi connectivity index (χ0n) is 13.2. The molecule has 2 rings (SSSR count). The maximum absolute atomic E-state index is 6.09. The maximum Gasteiger partial charge on any atom is 0.0474 e. The van der Waals surface area contributed by atoms with Gasteiger partial charge in [0.05, 0.1) is 0 Å². The largest absolute Gasteiger partial charge is 0.329 e. The third-order valence-corrected chi connectivity index (χ3v) is 4.62. The first-order valence-electron chi connectivity index (χ1n) is 7.90. The van der Waals surface area contributed by atoms with Crippen LogP contribution < -0.4 is 5.73 Å². The summed E-state index contributed by atoms with van der Waals surface area (Å²) in [6, 6.07) is 6.97. The van der Waals surface area contributed by atoms with Crippen LogP contribution in [0.3, 0.4) is 0 Å². The number of nitrogens with zero attached hydrogens (tertiary/aromatic N) is 2. The van der Waals surface area contributed by atoms with Gasteiger partial charge in [-0.05, 0) is 43.5 Å². The summed E-state index contributed by atoms with van der Waals surface area (Å²) in [7, 11) is 0. The molecule has 0 bridgehead atoms. The van der Waals surface area contributed by atoms with Gasteiger partial charge in [0.1, 0.15) is 0 Å². The van der Waals surface area contributed by atoms with E-state index in [0.717, 1.165) is 13.1 Å². The van der Waals surface area contributed by atoms with Gasteiger partial charge < -0.3 is 10.6 Å². The second-order valence-corrected chi connectivity index (χ2v) is 5.92. The molecule has 1 aromatic rings. The smallest absolute Gasteiger partial charge is 0.0474 e. The van der Waals surface area contributed by atoms with Gasteiger partial charge in [-0.1, -0.05) is 25.1 Å². The third-order valence-electron chi connectivity index (χ3n) is 4.62. The molecule has 0 radical (unpaired) electrons. The first kappa shape index (κ1) is 15.5. The maximum atomic E-state index is 6.09. The molecule has 0 aliphatic carbocycles. The van der Waals surface area contributed by atoms with Crippen molar-refractivity contribution >= 4 is 0 Å². The van der Waals surface area contributed by atoms with Crippen molar-refractivity contribution in [2.75, 3.05) is 39.3 Å². The summed E-state index contributed by atoms with van der Waals surface area (Å²) < 4.78 is 0. The van der Waals surface area contributed by atoms with Crippen molar-refractivity contribution in [3.8, 4) is 0 Å². The molecule has 20 heavy (non-hydrogen) atoms. The molecule has 0 amide bonds. The van der Waals surface area contributed by atoms with E-state index in [2.05, 4.69) is 48.8 Å². The average Bonchev–Trinajstić information content (AvgIpc) is 2.46. The van der Waals surface area contributed by atoms with Crippen molar-refractivity contribution in [1.82, 2.24) is 9.80 Å². The Bertz CT molecular complexity index is 422. The van der Waals surface area contributed by atoms with Gasteiger partial charge in [0.2, 0.25) is 0 Å². The van der Waals surface area contributed by atoms with Gasteiger partial charge in [-0.2, -0.15) is 0 Å². The van der Waals surface area contributed by atoms with Crippen LogP contribution in [0, 0.1) is 13.8 Å². The minimum Gasteiger partial charge on any atom is -0.329 e. The predicted octanol–water partition coefficient (Wildman–Crippen LogP) is 2.33. The molecule has 0 spiro atoms. The first-order chi connectivity index (χ1) is 9.67. The van der Waals surface area contributed by atoms with E-state index in [0.29, 0.717) is 12.6 Å². The van der Waals surface area contributed by atoms with Crippen molar-refractivity contribution in [3.63, 3.8) is 0 Å². The number of hydrogen-bond donors (Lipinski definition) is 1. The molecule has 1 fully saturated rings. The number of nitrogens with two attached hydrogens (primary N) is 1. The summed E-state index contributed by atoms with van der Waals surface area (Å²) in [5.74, 6) is 0. The van der Waals surface area contributed by atoms with Crippen molar-refractivity contribution in [2.24, 2.45) is 5.73 Å². The van der Waals surface area contributed by atoms with E-state index in [1.54, 1.807) is 0 Å². The summed E-state index contributed by atoms with van der Waals surface area (Å²) in [6.07, 6.45) is 1.25. The number of benzene rings is 1. The molecule has 0 aromatic heterocycles. The fourth-order valence-corrected chi connectivity index (χ4v) is 3.22. The van der Waals surface area contributed by atoms with E-state index >= 15 is 0 Å². The van der Waals surface area contributed by atoms with E-state index in [-0.39, 0.29) is 0 Å². The standard InChI is InChI=1S/C17H29N3/c1-4-8-19-9-11-20(12-10-19)17(13-18)16-7-5-6-14(2)15(16)3/h5-7,17H,4,8-13,18H2,1-3H3. The molecule has 1 unspecified atom stereocenters. The van der Waals surface area contributed by atoms with Crippen molar-refractivity contribution < 1.29 is 0 Å². The minimum absolute atomic E-state index is 0.374. The van der Waals surface area contributed by atoms with Gasteiger partial charge >= 0.3 is 0 Å². The van der Waals surface area contributed by atoms with Crippen LogP contribution in [-0.2, 0) is 0 Å². The topological polar surface area (TPSA) is 32.5 Å². The molecule has 0 saturated carbocycles. The lowest BCUT2D eigenvalue weighted by atomic mass is 9.96. The van der Waals surface area contributed by atoms with Gasteiger partial charge in [0.15, 0.2) is 0 Å². The zero-order chi connectivity index (χ0) is 14.5. The van der Waals surface area contributed by atoms with Crippen LogP contribution in [0.1, 0.15) is 36.1 Å². The Labute approximate surface area is 123 Å². The van der Waals surface area contributed by atoms with Crippen molar-refractivity contribution in [3.05, 3.63) is 34.9 Å². The number of hydrogen-bond acceptors (Lipinski definition) is 3. The highest BCUT2D eigenvalue weighted by atomic mass is 15.3. The Balaban J connectivity index is 2.08. The Morgan fingerprint density at radius 2 is 1.85 bits per heavy atom. The molecule has 1 aliphatic rings. The summed E-state index contributed by atoms with van der Waals surface area (Å²) in [4.78, 5) is 5.13. The predicted molar refractivity (Wildman–Crippen MR) is 86.0 cm³/mol. The minimum atomic E-state index is 0.374. The molecule has 1 aromatic carbocycles. The van der Waals surface area contributed by atoms with E-state index in [4.69, 9.17) is 5.73 Å². The van der Waals surface area contributed by atoms with Gasteiger partial charge in [0, 0.05) is 38.8 Å². The molecule has 3 heteroatoms. The zero-order valence-corrected chi connectivity index (χ0v) is 13.2. The fourth-order valence-electron chi connectivity index (χ4n) is 3.22. The highest BCUT2D eigenvalue weighted by Crippen LogP contribution is 2.25. The van der Waals surface area contributed by atoms with Gasteiger partial charge in [0.25, 0.3) is 0 Å². The number of piperazine rings is 1. The monoisotopic (exact) mass is 275 g/mol. The normalized spacial score (nSPS) is 19.2. The fraction of sp³-hybridized carbons (Fsp3) is 0.647. The Morgan fingerprint density at radius 3 is 2.45 bits per heavy atom. The van der Waals surface area contributed by atoms with E-state index in [1.165, 1.54) is 42.7 Å². The molecule has 1 aliphatic heterocycles.